The lowest BCUT2D eigenvalue weighted by Crippen LogP contribution is -2.45. The first-order valence-electron chi connectivity index (χ1n) is 10.6. The average molecular weight is 350 g/mol. The largest absolute Gasteiger partial charge is 0.304 e. The smallest absolute Gasteiger partial charge is 0.146 e. The van der Waals surface area contributed by atoms with Crippen LogP contribution in [0.25, 0.3) is 0 Å². The van der Waals surface area contributed by atoms with E-state index in [4.69, 9.17) is 0 Å². The first-order chi connectivity index (χ1) is 12.2. The lowest BCUT2D eigenvalue weighted by molar-refractivity contribution is 0.148. The van der Waals surface area contributed by atoms with E-state index in [-0.39, 0.29) is 0 Å². The van der Waals surface area contributed by atoms with Crippen molar-refractivity contribution in [2.24, 2.45) is 0 Å². The number of hydrogen-bond acceptors (Lipinski definition) is 5. The van der Waals surface area contributed by atoms with E-state index in [1.54, 1.807) is 0 Å². The van der Waals surface area contributed by atoms with Crippen LogP contribution in [-0.2, 0) is 0 Å². The number of likely N-dealkylation sites (N-methyl/N-ethyl adjacent to an activating group) is 1. The standard InChI is InChI=1S/C20H39N5/c1-20-7-3-4-11-25(20)12-6-10-24-18-17-23(19-24)9-5-8-22-15-13-21(2)14-16-22/h20H,3-18H2,1-2H3. The molecule has 5 nitrogen and oxygen atoms in total. The molecule has 0 N–H and O–H groups in total. The molecule has 3 aliphatic heterocycles. The monoisotopic (exact) mass is 349 g/mol. The Hall–Kier alpha value is -0.200. The van der Waals surface area contributed by atoms with E-state index in [2.05, 4.69) is 45.1 Å². The van der Waals surface area contributed by atoms with Crippen molar-refractivity contribution in [1.29, 1.82) is 0 Å². The molecule has 1 unspecified atom stereocenters. The Bertz CT molecular complexity index is 369. The normalized spacial score (nSPS) is 28.8. The van der Waals surface area contributed by atoms with Crippen LogP contribution in [0.2, 0.25) is 0 Å². The summed E-state index contributed by atoms with van der Waals surface area (Å²) in [6, 6.07) is 0.798. The van der Waals surface area contributed by atoms with Crippen LogP contribution in [0, 0.1) is 6.67 Å². The molecular weight excluding hydrogens is 310 g/mol. The Kier molecular flexibility index (Phi) is 7.99. The summed E-state index contributed by atoms with van der Waals surface area (Å²) in [4.78, 5) is 12.6. The molecule has 0 saturated carbocycles. The maximum absolute atomic E-state index is 3.61. The summed E-state index contributed by atoms with van der Waals surface area (Å²) in [6.45, 7) is 19.5. The second kappa shape index (κ2) is 10.2. The number of piperazine rings is 1. The Balaban J connectivity index is 1.22. The van der Waals surface area contributed by atoms with Crippen LogP contribution in [0.5, 0.6) is 0 Å². The van der Waals surface area contributed by atoms with Crippen LogP contribution < -0.4 is 0 Å². The second-order valence-electron chi connectivity index (χ2n) is 8.31. The molecule has 0 bridgehead atoms. The first kappa shape index (κ1) is 19.6. The molecule has 3 rings (SSSR count). The van der Waals surface area contributed by atoms with Gasteiger partial charge in [0, 0.05) is 58.4 Å². The fourth-order valence-corrected chi connectivity index (χ4v) is 4.38. The molecule has 1 atom stereocenters. The zero-order valence-electron chi connectivity index (χ0n) is 16.6. The lowest BCUT2D eigenvalue weighted by atomic mass is 10.0. The Morgan fingerprint density at radius 1 is 0.760 bits per heavy atom. The Morgan fingerprint density at radius 3 is 2.12 bits per heavy atom. The fourth-order valence-electron chi connectivity index (χ4n) is 4.38. The summed E-state index contributed by atoms with van der Waals surface area (Å²) < 4.78 is 0. The van der Waals surface area contributed by atoms with Crippen molar-refractivity contribution in [3.8, 4) is 0 Å². The SMILES string of the molecule is CC1CCCCN1CCCN1[C]N(CCCN2CCN(C)CC2)CC1. The van der Waals surface area contributed by atoms with Crippen molar-refractivity contribution in [3.05, 3.63) is 6.67 Å². The van der Waals surface area contributed by atoms with E-state index in [9.17, 15) is 0 Å². The van der Waals surface area contributed by atoms with Gasteiger partial charge in [0.25, 0.3) is 0 Å². The number of rotatable bonds is 8. The summed E-state index contributed by atoms with van der Waals surface area (Å²) in [5.74, 6) is 0. The molecule has 144 valence electrons. The minimum Gasteiger partial charge on any atom is -0.304 e. The molecule has 3 heterocycles. The number of likely N-dealkylation sites (tertiary alicyclic amines) is 1. The number of nitrogens with zero attached hydrogens (tertiary/aromatic N) is 5. The van der Waals surface area contributed by atoms with Crippen molar-refractivity contribution >= 4 is 0 Å². The molecule has 0 aromatic heterocycles. The van der Waals surface area contributed by atoms with Gasteiger partial charge in [-0.05, 0) is 59.3 Å². The third-order valence-corrected chi connectivity index (χ3v) is 6.23. The molecule has 0 spiro atoms. The summed E-state index contributed by atoms with van der Waals surface area (Å²) in [6.07, 6.45) is 6.77. The van der Waals surface area contributed by atoms with Crippen LogP contribution in [0.15, 0.2) is 0 Å². The molecule has 3 fully saturated rings. The first-order valence-corrected chi connectivity index (χ1v) is 10.6. The summed E-state index contributed by atoms with van der Waals surface area (Å²) in [5, 5.41) is 0. The van der Waals surface area contributed by atoms with E-state index >= 15 is 0 Å². The van der Waals surface area contributed by atoms with Crippen LogP contribution in [-0.4, -0.2) is 110 Å². The van der Waals surface area contributed by atoms with Crippen LogP contribution in [0.3, 0.4) is 0 Å². The molecule has 0 aliphatic carbocycles. The highest BCUT2D eigenvalue weighted by atomic mass is 15.4. The van der Waals surface area contributed by atoms with Crippen molar-refractivity contribution < 1.29 is 0 Å². The van der Waals surface area contributed by atoms with E-state index in [1.165, 1.54) is 104 Å². The van der Waals surface area contributed by atoms with Gasteiger partial charge in [0.2, 0.25) is 0 Å². The molecule has 5 heteroatoms. The summed E-state index contributed by atoms with van der Waals surface area (Å²) >= 11 is 0. The molecule has 3 saturated heterocycles. The van der Waals surface area contributed by atoms with E-state index in [0.29, 0.717) is 0 Å². The highest BCUT2D eigenvalue weighted by Gasteiger charge is 2.22. The van der Waals surface area contributed by atoms with Gasteiger partial charge in [0.05, 0.1) is 0 Å². The quantitative estimate of drug-likeness (QED) is 0.658. The average Bonchev–Trinajstić information content (AvgIpc) is 3.06. The third-order valence-electron chi connectivity index (χ3n) is 6.23. The van der Waals surface area contributed by atoms with E-state index in [1.807, 2.05) is 0 Å². The molecule has 3 aliphatic rings. The summed E-state index contributed by atoms with van der Waals surface area (Å²) in [7, 11) is 2.23. The predicted octanol–water partition coefficient (Wildman–Crippen LogP) is 1.50. The van der Waals surface area contributed by atoms with Crippen molar-refractivity contribution in [2.45, 2.75) is 45.1 Å². The van der Waals surface area contributed by atoms with Gasteiger partial charge in [0.15, 0.2) is 0 Å². The van der Waals surface area contributed by atoms with Crippen molar-refractivity contribution in [1.82, 2.24) is 24.5 Å². The molecule has 2 radical (unpaired) electrons. The highest BCUT2D eigenvalue weighted by Crippen LogP contribution is 2.17. The van der Waals surface area contributed by atoms with Crippen LogP contribution >= 0.6 is 0 Å². The van der Waals surface area contributed by atoms with Gasteiger partial charge in [0.1, 0.15) is 6.67 Å². The molecule has 25 heavy (non-hydrogen) atoms. The predicted molar refractivity (Wildman–Crippen MR) is 104 cm³/mol. The van der Waals surface area contributed by atoms with Crippen LogP contribution in [0.1, 0.15) is 39.0 Å². The van der Waals surface area contributed by atoms with Gasteiger partial charge in [-0.25, -0.2) is 0 Å². The third kappa shape index (κ3) is 6.47. The number of piperidine rings is 1. The molecule has 0 amide bonds. The van der Waals surface area contributed by atoms with Crippen molar-refractivity contribution in [3.63, 3.8) is 0 Å². The van der Waals surface area contributed by atoms with E-state index in [0.717, 1.165) is 6.04 Å². The molecular formula is C20H39N5. The maximum Gasteiger partial charge on any atom is 0.146 e. The van der Waals surface area contributed by atoms with Gasteiger partial charge in [-0.2, -0.15) is 0 Å². The van der Waals surface area contributed by atoms with Gasteiger partial charge in [-0.3, -0.25) is 9.80 Å². The molecule has 0 aromatic rings. The zero-order valence-corrected chi connectivity index (χ0v) is 16.6. The van der Waals surface area contributed by atoms with Gasteiger partial charge >= 0.3 is 0 Å². The highest BCUT2D eigenvalue weighted by molar-refractivity contribution is 4.82. The van der Waals surface area contributed by atoms with Crippen LogP contribution in [0.4, 0.5) is 0 Å². The molecule has 0 aromatic carbocycles. The van der Waals surface area contributed by atoms with Gasteiger partial charge < -0.3 is 14.7 Å². The number of hydrogen-bond donors (Lipinski definition) is 0. The Labute approximate surface area is 155 Å². The van der Waals surface area contributed by atoms with Gasteiger partial charge in [-0.1, -0.05) is 6.42 Å². The topological polar surface area (TPSA) is 16.2 Å². The van der Waals surface area contributed by atoms with Gasteiger partial charge in [-0.15, -0.1) is 0 Å². The minimum atomic E-state index is 0.798. The summed E-state index contributed by atoms with van der Waals surface area (Å²) in [5.41, 5.74) is 0. The lowest BCUT2D eigenvalue weighted by Gasteiger charge is -2.33. The van der Waals surface area contributed by atoms with E-state index < -0.39 is 0 Å². The fraction of sp³-hybridized carbons (Fsp3) is 0.950. The Morgan fingerprint density at radius 2 is 1.44 bits per heavy atom. The maximum atomic E-state index is 3.61. The minimum absolute atomic E-state index is 0.798. The van der Waals surface area contributed by atoms with Crippen molar-refractivity contribution in [2.75, 3.05) is 79.0 Å². The second-order valence-corrected chi connectivity index (χ2v) is 8.31. The zero-order chi connectivity index (χ0) is 17.5.